The van der Waals surface area contributed by atoms with E-state index in [9.17, 15) is 0 Å². The van der Waals surface area contributed by atoms with Gasteiger partial charge in [0.15, 0.2) is 0 Å². The van der Waals surface area contributed by atoms with Crippen LogP contribution in [0.1, 0.15) is 40.0 Å². The summed E-state index contributed by atoms with van der Waals surface area (Å²) < 4.78 is 0. The van der Waals surface area contributed by atoms with Gasteiger partial charge in [-0.2, -0.15) is 0 Å². The van der Waals surface area contributed by atoms with E-state index < -0.39 is 0 Å². The smallest absolute Gasteiger partial charge is 0.0107 e. The van der Waals surface area contributed by atoms with E-state index in [1.165, 1.54) is 45.4 Å². The van der Waals surface area contributed by atoms with Gasteiger partial charge in [-0.1, -0.05) is 20.8 Å². The van der Waals surface area contributed by atoms with E-state index in [-0.39, 0.29) is 0 Å². The van der Waals surface area contributed by atoms with Crippen molar-refractivity contribution in [2.45, 2.75) is 40.0 Å². The first-order valence-electron chi connectivity index (χ1n) is 7.94. The minimum atomic E-state index is 0.456. The van der Waals surface area contributed by atoms with E-state index in [1.807, 2.05) is 0 Å². The van der Waals surface area contributed by atoms with Gasteiger partial charge >= 0.3 is 0 Å². The van der Waals surface area contributed by atoms with E-state index in [0.29, 0.717) is 5.41 Å². The average molecular weight is 269 g/mol. The van der Waals surface area contributed by atoms with Gasteiger partial charge in [-0.05, 0) is 64.3 Å². The third-order valence-corrected chi connectivity index (χ3v) is 3.99. The summed E-state index contributed by atoms with van der Waals surface area (Å²) in [6, 6.07) is 0. The van der Waals surface area contributed by atoms with Crippen molar-refractivity contribution >= 4 is 0 Å². The van der Waals surface area contributed by atoms with Crippen molar-refractivity contribution < 1.29 is 0 Å². The number of likely N-dealkylation sites (tertiary alicyclic amines) is 1. The van der Waals surface area contributed by atoms with Crippen molar-refractivity contribution in [1.82, 2.24) is 15.1 Å². The lowest BCUT2D eigenvalue weighted by molar-refractivity contribution is 0.163. The first kappa shape index (κ1) is 16.9. The Bertz CT molecular complexity index is 225. The highest BCUT2D eigenvalue weighted by Crippen LogP contribution is 2.18. The maximum absolute atomic E-state index is 3.58. The fourth-order valence-corrected chi connectivity index (χ4v) is 2.73. The molecular weight excluding hydrogens is 234 g/mol. The molecule has 0 saturated carbocycles. The van der Waals surface area contributed by atoms with E-state index >= 15 is 0 Å². The number of hydrogen-bond acceptors (Lipinski definition) is 3. The Morgan fingerprint density at radius 1 is 1.11 bits per heavy atom. The molecule has 0 aliphatic carbocycles. The zero-order valence-electron chi connectivity index (χ0n) is 13.8. The molecule has 1 fully saturated rings. The van der Waals surface area contributed by atoms with Gasteiger partial charge in [-0.15, -0.1) is 0 Å². The Labute approximate surface area is 120 Å². The summed E-state index contributed by atoms with van der Waals surface area (Å²) >= 11 is 0. The predicted octanol–water partition coefficient (Wildman–Crippen LogP) is 2.29. The molecule has 19 heavy (non-hydrogen) atoms. The second-order valence-electron chi connectivity index (χ2n) is 7.61. The van der Waals surface area contributed by atoms with Crippen LogP contribution in [0, 0.1) is 11.3 Å². The molecule has 0 aromatic carbocycles. The molecular formula is C16H35N3. The van der Waals surface area contributed by atoms with Crippen LogP contribution in [-0.4, -0.2) is 63.2 Å². The largest absolute Gasteiger partial charge is 0.315 e. The highest BCUT2D eigenvalue weighted by molar-refractivity contribution is 4.74. The highest BCUT2D eigenvalue weighted by Gasteiger charge is 2.19. The van der Waals surface area contributed by atoms with Crippen molar-refractivity contribution in [3.8, 4) is 0 Å². The molecule has 0 aromatic rings. The Morgan fingerprint density at radius 2 is 1.74 bits per heavy atom. The summed E-state index contributed by atoms with van der Waals surface area (Å²) in [5, 5.41) is 3.58. The third kappa shape index (κ3) is 8.61. The van der Waals surface area contributed by atoms with Gasteiger partial charge in [0.2, 0.25) is 0 Å². The van der Waals surface area contributed by atoms with E-state index in [4.69, 9.17) is 0 Å². The van der Waals surface area contributed by atoms with Crippen LogP contribution < -0.4 is 5.32 Å². The molecule has 3 nitrogen and oxygen atoms in total. The molecule has 0 bridgehead atoms. The molecule has 1 rings (SSSR count). The monoisotopic (exact) mass is 269 g/mol. The van der Waals surface area contributed by atoms with Crippen LogP contribution in [0.3, 0.4) is 0 Å². The molecule has 1 saturated heterocycles. The van der Waals surface area contributed by atoms with Crippen LogP contribution in [0.5, 0.6) is 0 Å². The Kier molecular flexibility index (Phi) is 7.33. The molecule has 114 valence electrons. The molecule has 1 heterocycles. The lowest BCUT2D eigenvalue weighted by Crippen LogP contribution is -2.40. The zero-order valence-corrected chi connectivity index (χ0v) is 13.8. The van der Waals surface area contributed by atoms with Crippen LogP contribution >= 0.6 is 0 Å². The molecule has 1 aliphatic rings. The van der Waals surface area contributed by atoms with Gasteiger partial charge in [0, 0.05) is 19.6 Å². The van der Waals surface area contributed by atoms with Gasteiger partial charge in [-0.25, -0.2) is 0 Å². The molecule has 1 aliphatic heterocycles. The molecule has 0 atom stereocenters. The van der Waals surface area contributed by atoms with Crippen molar-refractivity contribution in [3.63, 3.8) is 0 Å². The van der Waals surface area contributed by atoms with Crippen LogP contribution in [0.4, 0.5) is 0 Å². The normalized spacial score (nSPS) is 19.3. The number of nitrogens with one attached hydrogen (secondary N) is 1. The van der Waals surface area contributed by atoms with Gasteiger partial charge in [0.25, 0.3) is 0 Å². The van der Waals surface area contributed by atoms with E-state index in [1.54, 1.807) is 0 Å². The minimum Gasteiger partial charge on any atom is -0.315 e. The van der Waals surface area contributed by atoms with Crippen LogP contribution in [0.25, 0.3) is 0 Å². The van der Waals surface area contributed by atoms with Crippen LogP contribution in [-0.2, 0) is 0 Å². The molecule has 3 heteroatoms. The van der Waals surface area contributed by atoms with Crippen molar-refractivity contribution in [1.29, 1.82) is 0 Å². The minimum absolute atomic E-state index is 0.456. The maximum atomic E-state index is 3.58. The van der Waals surface area contributed by atoms with E-state index in [0.717, 1.165) is 19.0 Å². The molecule has 0 unspecified atom stereocenters. The van der Waals surface area contributed by atoms with Crippen LogP contribution in [0.15, 0.2) is 0 Å². The summed E-state index contributed by atoms with van der Waals surface area (Å²) in [5.74, 6) is 0.917. The van der Waals surface area contributed by atoms with Crippen molar-refractivity contribution in [2.24, 2.45) is 11.3 Å². The standard InChI is InChI=1S/C16H35N3/c1-16(2,3)8-9-17-10-13-19-11-6-15(7-12-19)14-18(4)5/h15,17H,6-14H2,1-5H3. The Balaban J connectivity index is 2.01. The first-order chi connectivity index (χ1) is 8.87. The van der Waals surface area contributed by atoms with Gasteiger partial charge in [0.1, 0.15) is 0 Å². The Hall–Kier alpha value is -0.120. The second kappa shape index (κ2) is 8.23. The fraction of sp³-hybridized carbons (Fsp3) is 1.00. The van der Waals surface area contributed by atoms with Crippen LogP contribution in [0.2, 0.25) is 0 Å². The van der Waals surface area contributed by atoms with Crippen molar-refractivity contribution in [3.05, 3.63) is 0 Å². The molecule has 0 spiro atoms. The molecule has 0 aromatic heterocycles. The van der Waals surface area contributed by atoms with Crippen molar-refractivity contribution in [2.75, 3.05) is 53.4 Å². The first-order valence-corrected chi connectivity index (χ1v) is 7.94. The molecule has 0 radical (unpaired) electrons. The summed E-state index contributed by atoms with van der Waals surface area (Å²) in [5.41, 5.74) is 0.456. The number of rotatable bonds is 7. The third-order valence-electron chi connectivity index (χ3n) is 3.99. The predicted molar refractivity (Wildman–Crippen MR) is 84.7 cm³/mol. The number of hydrogen-bond donors (Lipinski definition) is 1. The lowest BCUT2D eigenvalue weighted by atomic mass is 9.92. The molecule has 1 N–H and O–H groups in total. The number of piperidine rings is 1. The number of nitrogens with zero attached hydrogens (tertiary/aromatic N) is 2. The average Bonchev–Trinajstić information content (AvgIpc) is 2.28. The lowest BCUT2D eigenvalue weighted by Gasteiger charge is -2.33. The highest BCUT2D eigenvalue weighted by atomic mass is 15.1. The maximum Gasteiger partial charge on any atom is 0.0107 e. The summed E-state index contributed by atoms with van der Waals surface area (Å²) in [6.45, 7) is 14.3. The second-order valence-corrected chi connectivity index (χ2v) is 7.61. The fourth-order valence-electron chi connectivity index (χ4n) is 2.73. The Morgan fingerprint density at radius 3 is 2.26 bits per heavy atom. The van der Waals surface area contributed by atoms with Gasteiger partial charge in [-0.3, -0.25) is 0 Å². The SMILES string of the molecule is CN(C)CC1CCN(CCNCCC(C)(C)C)CC1. The van der Waals surface area contributed by atoms with Gasteiger partial charge in [0.05, 0.1) is 0 Å². The zero-order chi connectivity index (χ0) is 14.3. The summed E-state index contributed by atoms with van der Waals surface area (Å²) in [7, 11) is 4.37. The quantitative estimate of drug-likeness (QED) is 0.715. The summed E-state index contributed by atoms with van der Waals surface area (Å²) in [4.78, 5) is 4.95. The molecule has 0 amide bonds. The topological polar surface area (TPSA) is 18.5 Å². The summed E-state index contributed by atoms with van der Waals surface area (Å²) in [6.07, 6.45) is 4.01. The van der Waals surface area contributed by atoms with E-state index in [2.05, 4.69) is 50.0 Å². The van der Waals surface area contributed by atoms with Gasteiger partial charge < -0.3 is 15.1 Å².